The van der Waals surface area contributed by atoms with Crippen LogP contribution in [0.3, 0.4) is 0 Å². The first-order valence-corrected chi connectivity index (χ1v) is 10.4. The van der Waals surface area contributed by atoms with Crippen molar-refractivity contribution in [1.29, 1.82) is 0 Å². The average molecular weight is 419 g/mol. The Morgan fingerprint density at radius 2 is 2.10 bits per heavy atom. The van der Waals surface area contributed by atoms with Gasteiger partial charge in [-0.25, -0.2) is 14.1 Å². The number of anilines is 1. The number of pyridine rings is 1. The number of carbonyl (C=O) groups excluding carboxylic acids is 1. The van der Waals surface area contributed by atoms with E-state index in [0.717, 1.165) is 45.9 Å². The molecule has 0 bridgehead atoms. The smallest absolute Gasteiger partial charge is 0.223 e. The largest absolute Gasteiger partial charge is 0.302 e. The summed E-state index contributed by atoms with van der Waals surface area (Å²) in [6, 6.07) is 9.11. The van der Waals surface area contributed by atoms with E-state index in [2.05, 4.69) is 15.3 Å². The maximum absolute atomic E-state index is 15.1. The van der Waals surface area contributed by atoms with Crippen molar-refractivity contribution in [2.24, 2.45) is 0 Å². The predicted octanol–water partition coefficient (Wildman–Crippen LogP) is 4.56. The number of amides is 1. The lowest BCUT2D eigenvalue weighted by atomic mass is 9.95. The number of fused-ring (bicyclic) bond motifs is 3. The quantitative estimate of drug-likeness (QED) is 0.528. The van der Waals surface area contributed by atoms with Crippen LogP contribution in [0.5, 0.6) is 0 Å². The Hall–Kier alpha value is -3.39. The number of nitrogens with one attached hydrogen (secondary N) is 1. The summed E-state index contributed by atoms with van der Waals surface area (Å²) < 4.78 is 16.8. The molecule has 1 aromatic carbocycles. The molecule has 0 fully saturated rings. The highest BCUT2D eigenvalue weighted by atomic mass is 32.1. The number of nitrogens with zero attached hydrogens (tertiary/aromatic N) is 4. The third-order valence-electron chi connectivity index (χ3n) is 5.13. The number of hydrogen-bond acceptors (Lipinski definition) is 5. The van der Waals surface area contributed by atoms with Crippen LogP contribution in [0.4, 0.5) is 9.52 Å². The fourth-order valence-electron chi connectivity index (χ4n) is 3.78. The van der Waals surface area contributed by atoms with Gasteiger partial charge in [-0.3, -0.25) is 9.78 Å². The van der Waals surface area contributed by atoms with Crippen molar-refractivity contribution in [2.45, 2.75) is 26.7 Å². The van der Waals surface area contributed by atoms with Crippen LogP contribution in [0.1, 0.15) is 23.7 Å². The molecular weight excluding hydrogens is 401 g/mol. The van der Waals surface area contributed by atoms with Gasteiger partial charge in [0.2, 0.25) is 5.91 Å². The van der Waals surface area contributed by atoms with Gasteiger partial charge in [-0.15, -0.1) is 0 Å². The minimum absolute atomic E-state index is 0.171. The number of carbonyl (C=O) groups is 1. The first-order valence-electron chi connectivity index (χ1n) is 9.58. The van der Waals surface area contributed by atoms with E-state index in [1.165, 1.54) is 18.3 Å². The minimum Gasteiger partial charge on any atom is -0.302 e. The van der Waals surface area contributed by atoms with Gasteiger partial charge >= 0.3 is 0 Å². The molecule has 3 heterocycles. The molecular formula is C22H18FN5OS. The SMILES string of the molecule is CC(=O)Nc1nc2c(s1)-c1c(c(-c3cccnc3)nn1-c1cccc(C)c1F)CC2. The van der Waals surface area contributed by atoms with Crippen LogP contribution in [0.2, 0.25) is 0 Å². The fourth-order valence-corrected chi connectivity index (χ4v) is 4.89. The summed E-state index contributed by atoms with van der Waals surface area (Å²) in [5.41, 5.74) is 5.38. The number of rotatable bonds is 3. The van der Waals surface area contributed by atoms with Gasteiger partial charge in [0, 0.05) is 30.4 Å². The van der Waals surface area contributed by atoms with Crippen molar-refractivity contribution in [3.8, 4) is 27.5 Å². The summed E-state index contributed by atoms with van der Waals surface area (Å²) >= 11 is 1.39. The van der Waals surface area contributed by atoms with Crippen molar-refractivity contribution < 1.29 is 9.18 Å². The standard InChI is InChI=1S/C22H18FN5OS/c1-12-5-3-7-17(18(12)23)28-20-15(19(27-28)14-6-4-10-24-11-14)8-9-16-21(20)30-22(26-16)25-13(2)29/h3-7,10-11H,8-9H2,1-2H3,(H,25,26,29). The molecule has 1 amide bonds. The van der Waals surface area contributed by atoms with Crippen LogP contribution in [-0.2, 0) is 17.6 Å². The number of aryl methyl sites for hydroxylation is 2. The van der Waals surface area contributed by atoms with Crippen molar-refractivity contribution in [1.82, 2.24) is 19.7 Å². The second-order valence-electron chi connectivity index (χ2n) is 7.21. The van der Waals surface area contributed by atoms with Gasteiger partial charge in [0.05, 0.1) is 22.0 Å². The maximum Gasteiger partial charge on any atom is 0.223 e. The Balaban J connectivity index is 1.78. The highest BCUT2D eigenvalue weighted by Gasteiger charge is 2.30. The van der Waals surface area contributed by atoms with Gasteiger partial charge in [0.1, 0.15) is 5.69 Å². The lowest BCUT2D eigenvalue weighted by Gasteiger charge is -2.15. The number of aromatic nitrogens is 4. The Morgan fingerprint density at radius 1 is 1.23 bits per heavy atom. The maximum atomic E-state index is 15.1. The molecule has 3 aromatic heterocycles. The van der Waals surface area contributed by atoms with E-state index in [4.69, 9.17) is 5.10 Å². The van der Waals surface area contributed by atoms with Gasteiger partial charge in [-0.1, -0.05) is 23.5 Å². The molecule has 5 rings (SSSR count). The molecule has 1 aliphatic rings. The Kier molecular flexibility index (Phi) is 4.43. The normalized spacial score (nSPS) is 12.4. The zero-order valence-corrected chi connectivity index (χ0v) is 17.3. The predicted molar refractivity (Wildman–Crippen MR) is 114 cm³/mol. The van der Waals surface area contributed by atoms with Crippen LogP contribution >= 0.6 is 11.3 Å². The van der Waals surface area contributed by atoms with Crippen molar-refractivity contribution in [3.63, 3.8) is 0 Å². The van der Waals surface area contributed by atoms with Crippen molar-refractivity contribution >= 4 is 22.4 Å². The molecule has 8 heteroatoms. The van der Waals surface area contributed by atoms with Crippen molar-refractivity contribution in [3.05, 3.63) is 65.4 Å². The van der Waals surface area contributed by atoms with E-state index in [9.17, 15) is 4.79 Å². The van der Waals surface area contributed by atoms with Gasteiger partial charge in [0.25, 0.3) is 0 Å². The van der Waals surface area contributed by atoms with E-state index in [-0.39, 0.29) is 11.7 Å². The van der Waals surface area contributed by atoms with Crippen LogP contribution in [0.25, 0.3) is 27.5 Å². The van der Waals surface area contributed by atoms with Crippen LogP contribution in [0, 0.1) is 12.7 Å². The molecule has 0 spiro atoms. The summed E-state index contributed by atoms with van der Waals surface area (Å²) in [5, 5.41) is 8.14. The van der Waals surface area contributed by atoms with Crippen molar-refractivity contribution in [2.75, 3.05) is 5.32 Å². The number of benzene rings is 1. The molecule has 1 N–H and O–H groups in total. The van der Waals surface area contributed by atoms with Crippen LogP contribution in [-0.4, -0.2) is 25.7 Å². The number of hydrogen-bond donors (Lipinski definition) is 1. The molecule has 0 radical (unpaired) electrons. The Bertz CT molecular complexity index is 1280. The molecule has 6 nitrogen and oxygen atoms in total. The highest BCUT2D eigenvalue weighted by Crippen LogP contribution is 2.44. The molecule has 0 saturated carbocycles. The average Bonchev–Trinajstić information content (AvgIpc) is 3.31. The fraction of sp³-hybridized carbons (Fsp3) is 0.182. The topological polar surface area (TPSA) is 72.7 Å². The van der Waals surface area contributed by atoms with Crippen LogP contribution < -0.4 is 5.32 Å². The van der Waals surface area contributed by atoms with Gasteiger partial charge in [0.15, 0.2) is 10.9 Å². The van der Waals surface area contributed by atoms with Gasteiger partial charge in [-0.05, 0) is 43.5 Å². The lowest BCUT2D eigenvalue weighted by molar-refractivity contribution is -0.114. The van der Waals surface area contributed by atoms with E-state index >= 15 is 4.39 Å². The van der Waals surface area contributed by atoms with E-state index in [1.54, 1.807) is 36.1 Å². The van der Waals surface area contributed by atoms with E-state index < -0.39 is 0 Å². The number of thiazole rings is 1. The Labute approximate surface area is 176 Å². The summed E-state index contributed by atoms with van der Waals surface area (Å²) in [6.45, 7) is 3.20. The van der Waals surface area contributed by atoms with Gasteiger partial charge < -0.3 is 5.32 Å². The van der Waals surface area contributed by atoms with Crippen LogP contribution in [0.15, 0.2) is 42.7 Å². The zero-order chi connectivity index (χ0) is 20.8. The second-order valence-corrected chi connectivity index (χ2v) is 8.21. The molecule has 30 heavy (non-hydrogen) atoms. The first-order chi connectivity index (χ1) is 14.5. The second kappa shape index (κ2) is 7.14. The molecule has 1 aliphatic carbocycles. The molecule has 0 aliphatic heterocycles. The molecule has 0 saturated heterocycles. The van der Waals surface area contributed by atoms with Gasteiger partial charge in [-0.2, -0.15) is 5.10 Å². The zero-order valence-electron chi connectivity index (χ0n) is 16.4. The summed E-state index contributed by atoms with van der Waals surface area (Å²) in [7, 11) is 0. The first kappa shape index (κ1) is 18.6. The lowest BCUT2D eigenvalue weighted by Crippen LogP contribution is -2.08. The monoisotopic (exact) mass is 419 g/mol. The summed E-state index contributed by atoms with van der Waals surface area (Å²) in [5.74, 6) is -0.477. The molecule has 0 unspecified atom stereocenters. The Morgan fingerprint density at radius 3 is 2.87 bits per heavy atom. The summed E-state index contributed by atoms with van der Waals surface area (Å²) in [4.78, 5) is 21.2. The minimum atomic E-state index is -0.306. The van der Waals surface area contributed by atoms with E-state index in [0.29, 0.717) is 16.4 Å². The molecule has 150 valence electrons. The third kappa shape index (κ3) is 3.00. The third-order valence-corrected chi connectivity index (χ3v) is 6.15. The number of halogens is 1. The molecule has 4 aromatic rings. The summed E-state index contributed by atoms with van der Waals surface area (Å²) in [6.07, 6.45) is 4.94. The molecule has 0 atom stereocenters. The highest BCUT2D eigenvalue weighted by molar-refractivity contribution is 7.19. The van der Waals surface area contributed by atoms with E-state index in [1.807, 2.05) is 18.2 Å².